The van der Waals surface area contributed by atoms with Crippen LogP contribution in [0.5, 0.6) is 5.75 Å². The molecule has 9 nitrogen and oxygen atoms in total. The average Bonchev–Trinajstić information content (AvgIpc) is 2.84. The third kappa shape index (κ3) is 6.49. The van der Waals surface area contributed by atoms with Gasteiger partial charge in [-0.1, -0.05) is 36.4 Å². The third-order valence-electron chi connectivity index (χ3n) is 5.05. The number of ether oxygens (including phenoxy) is 1. The number of hydrazone groups is 1. The molecule has 0 aromatic heterocycles. The lowest BCUT2D eigenvalue weighted by Crippen LogP contribution is -2.31. The number of nitrogens with one attached hydrogen (secondary N) is 2. The normalized spacial score (nSPS) is 11.6. The lowest BCUT2D eigenvalue weighted by Gasteiger charge is -2.14. The van der Waals surface area contributed by atoms with Crippen LogP contribution in [0.3, 0.4) is 0 Å². The second-order valence-electron chi connectivity index (χ2n) is 7.46. The zero-order chi connectivity index (χ0) is 24.5. The SMILES string of the molecule is Cc1c(C(=O)N/N=C\c2ccc(OCC(=O)N[C@H](C)c3ccccc3)cc2)cccc1[N+](=O)[O-]. The molecule has 0 saturated carbocycles. The van der Waals surface area contributed by atoms with Crippen molar-refractivity contribution < 1.29 is 19.2 Å². The number of rotatable bonds is 9. The lowest BCUT2D eigenvalue weighted by molar-refractivity contribution is -0.385. The Morgan fingerprint density at radius 1 is 1.06 bits per heavy atom. The van der Waals surface area contributed by atoms with Crippen molar-refractivity contribution in [2.24, 2.45) is 5.10 Å². The first-order valence-electron chi connectivity index (χ1n) is 10.5. The van der Waals surface area contributed by atoms with Crippen LogP contribution < -0.4 is 15.5 Å². The number of benzene rings is 3. The predicted molar refractivity (Wildman–Crippen MR) is 128 cm³/mol. The number of nitro benzene ring substituents is 1. The van der Waals surface area contributed by atoms with E-state index in [1.165, 1.54) is 31.3 Å². The summed E-state index contributed by atoms with van der Waals surface area (Å²) in [5.41, 5.74) is 4.37. The minimum Gasteiger partial charge on any atom is -0.484 e. The quantitative estimate of drug-likeness (QED) is 0.285. The maximum absolute atomic E-state index is 12.3. The molecule has 9 heteroatoms. The highest BCUT2D eigenvalue weighted by molar-refractivity contribution is 5.97. The molecule has 0 saturated heterocycles. The molecule has 174 valence electrons. The van der Waals surface area contributed by atoms with Gasteiger partial charge in [0.1, 0.15) is 5.75 Å². The summed E-state index contributed by atoms with van der Waals surface area (Å²) in [6, 6.07) is 20.6. The van der Waals surface area contributed by atoms with Crippen molar-refractivity contribution >= 4 is 23.7 Å². The van der Waals surface area contributed by atoms with Gasteiger partial charge < -0.3 is 10.1 Å². The highest BCUT2D eigenvalue weighted by Crippen LogP contribution is 2.21. The van der Waals surface area contributed by atoms with E-state index in [2.05, 4.69) is 15.8 Å². The highest BCUT2D eigenvalue weighted by Gasteiger charge is 2.17. The topological polar surface area (TPSA) is 123 Å². The van der Waals surface area contributed by atoms with Crippen molar-refractivity contribution in [3.05, 3.63) is 105 Å². The highest BCUT2D eigenvalue weighted by atomic mass is 16.6. The number of nitro groups is 1. The van der Waals surface area contributed by atoms with Gasteiger partial charge in [0, 0.05) is 11.6 Å². The Hall–Kier alpha value is -4.53. The number of hydrogen-bond acceptors (Lipinski definition) is 6. The van der Waals surface area contributed by atoms with Crippen molar-refractivity contribution in [2.75, 3.05) is 6.61 Å². The maximum Gasteiger partial charge on any atom is 0.273 e. The van der Waals surface area contributed by atoms with Gasteiger partial charge in [-0.3, -0.25) is 19.7 Å². The van der Waals surface area contributed by atoms with Gasteiger partial charge in [0.15, 0.2) is 6.61 Å². The van der Waals surface area contributed by atoms with Gasteiger partial charge in [0.25, 0.3) is 17.5 Å². The molecule has 0 bridgehead atoms. The van der Waals surface area contributed by atoms with Gasteiger partial charge in [-0.05, 0) is 55.3 Å². The van der Waals surface area contributed by atoms with E-state index in [9.17, 15) is 19.7 Å². The van der Waals surface area contributed by atoms with Crippen molar-refractivity contribution in [3.63, 3.8) is 0 Å². The Morgan fingerprint density at radius 2 is 1.76 bits per heavy atom. The minimum absolute atomic E-state index is 0.122. The zero-order valence-corrected chi connectivity index (χ0v) is 18.7. The Labute approximate surface area is 196 Å². The van der Waals surface area contributed by atoms with E-state index in [1.807, 2.05) is 37.3 Å². The largest absolute Gasteiger partial charge is 0.484 e. The summed E-state index contributed by atoms with van der Waals surface area (Å²) in [6.45, 7) is 3.29. The van der Waals surface area contributed by atoms with E-state index < -0.39 is 10.8 Å². The van der Waals surface area contributed by atoms with Gasteiger partial charge in [0.2, 0.25) is 0 Å². The molecular weight excluding hydrogens is 436 g/mol. The van der Waals surface area contributed by atoms with Crippen LogP contribution in [0, 0.1) is 17.0 Å². The first-order chi connectivity index (χ1) is 16.3. The van der Waals surface area contributed by atoms with Crippen LogP contribution in [-0.2, 0) is 4.79 Å². The summed E-state index contributed by atoms with van der Waals surface area (Å²) in [6.07, 6.45) is 1.43. The van der Waals surface area contributed by atoms with E-state index in [1.54, 1.807) is 24.3 Å². The molecule has 3 aromatic carbocycles. The first kappa shape index (κ1) is 24.1. The summed E-state index contributed by atoms with van der Waals surface area (Å²) >= 11 is 0. The Kier molecular flexibility index (Phi) is 8.07. The number of carbonyl (C=O) groups excluding carboxylic acids is 2. The third-order valence-corrected chi connectivity index (χ3v) is 5.05. The number of hydrogen-bond donors (Lipinski definition) is 2. The first-order valence-corrected chi connectivity index (χ1v) is 10.5. The molecule has 0 heterocycles. The number of amides is 2. The van der Waals surface area contributed by atoms with Crippen molar-refractivity contribution in [1.82, 2.24) is 10.7 Å². The molecule has 0 aliphatic carbocycles. The molecule has 0 spiro atoms. The van der Waals surface area contributed by atoms with Crippen LogP contribution in [0.4, 0.5) is 5.69 Å². The number of carbonyl (C=O) groups is 2. The summed E-state index contributed by atoms with van der Waals surface area (Å²) in [5, 5.41) is 17.8. The Balaban J connectivity index is 1.49. The molecule has 2 amide bonds. The minimum atomic E-state index is -0.548. The Morgan fingerprint density at radius 3 is 2.44 bits per heavy atom. The molecule has 34 heavy (non-hydrogen) atoms. The second-order valence-corrected chi connectivity index (χ2v) is 7.46. The van der Waals surface area contributed by atoms with Crippen LogP contribution in [-0.4, -0.2) is 29.6 Å². The molecule has 0 radical (unpaired) electrons. The molecule has 1 atom stereocenters. The van der Waals surface area contributed by atoms with Gasteiger partial charge in [-0.15, -0.1) is 0 Å². The summed E-state index contributed by atoms with van der Waals surface area (Å²) in [5.74, 6) is -0.273. The monoisotopic (exact) mass is 460 g/mol. The van der Waals surface area contributed by atoms with Crippen molar-refractivity contribution in [3.8, 4) is 5.75 Å². The van der Waals surface area contributed by atoms with Gasteiger partial charge in [-0.25, -0.2) is 5.43 Å². The van der Waals surface area contributed by atoms with Crippen LogP contribution in [0.1, 0.15) is 40.0 Å². The van der Waals surface area contributed by atoms with Crippen LogP contribution in [0.15, 0.2) is 77.9 Å². The molecule has 2 N–H and O–H groups in total. The zero-order valence-electron chi connectivity index (χ0n) is 18.7. The molecule has 3 aromatic rings. The molecular formula is C25H24N4O5. The number of nitrogens with zero attached hydrogens (tertiary/aromatic N) is 2. The van der Waals surface area contributed by atoms with E-state index in [-0.39, 0.29) is 35.4 Å². The molecule has 3 rings (SSSR count). The standard InChI is InChI=1S/C25H24N4O5/c1-17-22(9-6-10-23(17)29(32)33)25(31)28-26-15-19-11-13-21(14-12-19)34-16-24(30)27-18(2)20-7-4-3-5-8-20/h3-15,18H,16H2,1-2H3,(H,27,30)(H,28,31)/b26-15-/t18-/m1/s1. The van der Waals surface area contributed by atoms with Gasteiger partial charge in [0.05, 0.1) is 22.7 Å². The van der Waals surface area contributed by atoms with Crippen LogP contribution >= 0.6 is 0 Å². The fourth-order valence-corrected chi connectivity index (χ4v) is 3.20. The second kappa shape index (κ2) is 11.4. The van der Waals surface area contributed by atoms with Gasteiger partial charge in [-0.2, -0.15) is 5.10 Å². The van der Waals surface area contributed by atoms with Crippen molar-refractivity contribution in [2.45, 2.75) is 19.9 Å². The molecule has 0 fully saturated rings. The summed E-state index contributed by atoms with van der Waals surface area (Å²) in [4.78, 5) is 34.9. The van der Waals surface area contributed by atoms with E-state index in [0.717, 1.165) is 5.56 Å². The maximum atomic E-state index is 12.3. The molecule has 0 aliphatic heterocycles. The fraction of sp³-hybridized carbons (Fsp3) is 0.160. The lowest BCUT2D eigenvalue weighted by atomic mass is 10.1. The molecule has 0 unspecified atom stereocenters. The van der Waals surface area contributed by atoms with Crippen molar-refractivity contribution in [1.29, 1.82) is 0 Å². The summed E-state index contributed by atoms with van der Waals surface area (Å²) in [7, 11) is 0. The van der Waals surface area contributed by atoms with Crippen LogP contribution in [0.25, 0.3) is 0 Å². The van der Waals surface area contributed by atoms with Crippen LogP contribution in [0.2, 0.25) is 0 Å². The van der Waals surface area contributed by atoms with Gasteiger partial charge >= 0.3 is 0 Å². The predicted octanol–water partition coefficient (Wildman–Crippen LogP) is 3.92. The average molecular weight is 460 g/mol. The smallest absolute Gasteiger partial charge is 0.273 e. The fourth-order valence-electron chi connectivity index (χ4n) is 3.20. The van der Waals surface area contributed by atoms with E-state index in [0.29, 0.717) is 11.3 Å². The van der Waals surface area contributed by atoms with E-state index in [4.69, 9.17) is 4.74 Å². The summed E-state index contributed by atoms with van der Waals surface area (Å²) < 4.78 is 5.52. The Bertz CT molecular complexity index is 1190. The van der Waals surface area contributed by atoms with E-state index >= 15 is 0 Å². The molecule has 0 aliphatic rings.